The first kappa shape index (κ1) is 26.9. The van der Waals surface area contributed by atoms with E-state index in [-0.39, 0.29) is 12.2 Å². The van der Waals surface area contributed by atoms with Crippen LogP contribution < -0.4 is 19.6 Å². The van der Waals surface area contributed by atoms with E-state index in [0.717, 1.165) is 16.7 Å². The summed E-state index contributed by atoms with van der Waals surface area (Å²) in [5.41, 5.74) is 3.07. The third-order valence-corrected chi connectivity index (χ3v) is 7.84. The summed E-state index contributed by atoms with van der Waals surface area (Å²) in [6, 6.07) is 21.4. The highest BCUT2D eigenvalue weighted by molar-refractivity contribution is 7.07. The lowest BCUT2D eigenvalue weighted by atomic mass is 9.96. The molecule has 1 aromatic heterocycles. The van der Waals surface area contributed by atoms with E-state index in [0.29, 0.717) is 43.0 Å². The van der Waals surface area contributed by atoms with Gasteiger partial charge in [-0.1, -0.05) is 77.0 Å². The summed E-state index contributed by atoms with van der Waals surface area (Å²) in [4.78, 5) is 31.8. The zero-order valence-corrected chi connectivity index (χ0v) is 23.5. The van der Waals surface area contributed by atoms with Crippen molar-refractivity contribution >= 4 is 46.6 Å². The molecule has 1 atom stereocenters. The number of benzene rings is 3. The smallest absolute Gasteiger partial charge is 0.338 e. The number of hydrogen-bond donors (Lipinski definition) is 0. The molecule has 4 aromatic rings. The second-order valence-electron chi connectivity index (χ2n) is 8.80. The lowest BCUT2D eigenvalue weighted by molar-refractivity contribution is -0.139. The first-order valence-electron chi connectivity index (χ1n) is 12.3. The summed E-state index contributed by atoms with van der Waals surface area (Å²) in [6.07, 6.45) is 1.81. The Labute approximate surface area is 239 Å². The summed E-state index contributed by atoms with van der Waals surface area (Å²) in [5.74, 6) is 0.186. The van der Waals surface area contributed by atoms with Crippen LogP contribution in [0.25, 0.3) is 6.08 Å². The molecule has 9 heteroatoms. The Bertz CT molecular complexity index is 1740. The molecular formula is C30H24Cl2N2O4S. The number of nitrogens with zero attached hydrogens (tertiary/aromatic N) is 2. The SMILES string of the molecule is CCOC(=O)C1=C(C)N=c2sc(=Cc3ccc(OCc4ccccc4Cl)cc3)c(=O)n2C1c1ccc(Cl)cc1. The number of fused-ring (bicyclic) bond motifs is 1. The molecule has 1 aliphatic rings. The second kappa shape index (κ2) is 11.6. The topological polar surface area (TPSA) is 69.9 Å². The molecule has 0 amide bonds. The number of ether oxygens (including phenoxy) is 2. The van der Waals surface area contributed by atoms with Crippen LogP contribution in [0.1, 0.15) is 36.6 Å². The quantitative estimate of drug-likeness (QED) is 0.264. The Hall–Kier alpha value is -3.65. The van der Waals surface area contributed by atoms with E-state index < -0.39 is 12.0 Å². The van der Waals surface area contributed by atoms with Gasteiger partial charge in [-0.15, -0.1) is 0 Å². The van der Waals surface area contributed by atoms with Gasteiger partial charge < -0.3 is 9.47 Å². The molecule has 3 aromatic carbocycles. The van der Waals surface area contributed by atoms with E-state index in [9.17, 15) is 9.59 Å². The number of esters is 1. The molecule has 0 bridgehead atoms. The van der Waals surface area contributed by atoms with Gasteiger partial charge in [0.25, 0.3) is 5.56 Å². The maximum absolute atomic E-state index is 13.7. The third kappa shape index (κ3) is 5.71. The fourth-order valence-electron chi connectivity index (χ4n) is 4.34. The van der Waals surface area contributed by atoms with Crippen molar-refractivity contribution in [3.05, 3.63) is 130 Å². The van der Waals surface area contributed by atoms with Crippen LogP contribution in [-0.2, 0) is 16.1 Å². The molecule has 0 saturated carbocycles. The summed E-state index contributed by atoms with van der Waals surface area (Å²) in [7, 11) is 0. The highest BCUT2D eigenvalue weighted by atomic mass is 35.5. The van der Waals surface area contributed by atoms with Gasteiger partial charge in [-0.25, -0.2) is 9.79 Å². The third-order valence-electron chi connectivity index (χ3n) is 6.23. The zero-order chi connectivity index (χ0) is 27.5. The Kier molecular flexibility index (Phi) is 8.02. The van der Waals surface area contributed by atoms with E-state index in [1.54, 1.807) is 30.5 Å². The summed E-state index contributed by atoms with van der Waals surface area (Å²) >= 11 is 13.6. The van der Waals surface area contributed by atoms with Crippen molar-refractivity contribution in [2.45, 2.75) is 26.5 Å². The van der Waals surface area contributed by atoms with Crippen LogP contribution in [0, 0.1) is 0 Å². The Morgan fingerprint density at radius 2 is 1.77 bits per heavy atom. The molecule has 1 aliphatic heterocycles. The van der Waals surface area contributed by atoms with E-state index >= 15 is 0 Å². The molecule has 0 aliphatic carbocycles. The van der Waals surface area contributed by atoms with Gasteiger partial charge in [0, 0.05) is 15.6 Å². The van der Waals surface area contributed by atoms with Gasteiger partial charge in [0.2, 0.25) is 0 Å². The molecule has 39 heavy (non-hydrogen) atoms. The molecule has 1 unspecified atom stereocenters. The standard InChI is InChI=1S/C30H24Cl2N2O4S/c1-3-37-29(36)26-18(2)33-30-34(27(26)20-10-12-22(31)13-11-20)28(35)25(39-30)16-19-8-14-23(15-9-19)38-17-21-6-4-5-7-24(21)32/h4-16,27H,3,17H2,1-2H3. The van der Waals surface area contributed by atoms with Gasteiger partial charge in [0.1, 0.15) is 12.4 Å². The highest BCUT2D eigenvalue weighted by Gasteiger charge is 2.33. The Morgan fingerprint density at radius 1 is 1.05 bits per heavy atom. The Morgan fingerprint density at radius 3 is 2.46 bits per heavy atom. The number of rotatable bonds is 7. The number of allylic oxidation sites excluding steroid dienone is 1. The predicted octanol–water partition coefficient (Wildman–Crippen LogP) is 5.68. The second-order valence-corrected chi connectivity index (χ2v) is 10.7. The van der Waals surface area contributed by atoms with Crippen molar-refractivity contribution in [2.75, 3.05) is 6.61 Å². The maximum atomic E-state index is 13.7. The molecule has 0 fully saturated rings. The molecule has 198 valence electrons. The van der Waals surface area contributed by atoms with Gasteiger partial charge in [-0.05, 0) is 61.4 Å². The van der Waals surface area contributed by atoms with Crippen LogP contribution in [0.4, 0.5) is 0 Å². The number of thiazole rings is 1. The molecular weight excluding hydrogens is 555 g/mol. The number of carbonyl (C=O) groups is 1. The van der Waals surface area contributed by atoms with Crippen molar-refractivity contribution in [1.29, 1.82) is 0 Å². The van der Waals surface area contributed by atoms with Gasteiger partial charge in [0.15, 0.2) is 4.80 Å². The van der Waals surface area contributed by atoms with E-state index in [4.69, 9.17) is 32.7 Å². The van der Waals surface area contributed by atoms with E-state index in [2.05, 4.69) is 4.99 Å². The monoisotopic (exact) mass is 578 g/mol. The first-order chi connectivity index (χ1) is 18.9. The van der Waals surface area contributed by atoms with Crippen LogP contribution in [0.2, 0.25) is 10.0 Å². The van der Waals surface area contributed by atoms with Crippen molar-refractivity contribution in [3.8, 4) is 5.75 Å². The highest BCUT2D eigenvalue weighted by Crippen LogP contribution is 2.31. The van der Waals surface area contributed by atoms with Crippen LogP contribution in [-0.4, -0.2) is 17.1 Å². The number of hydrogen-bond acceptors (Lipinski definition) is 6. The molecule has 0 radical (unpaired) electrons. The minimum absolute atomic E-state index is 0.214. The number of carbonyl (C=O) groups excluding carboxylic acids is 1. The van der Waals surface area contributed by atoms with Crippen molar-refractivity contribution in [1.82, 2.24) is 4.57 Å². The van der Waals surface area contributed by atoms with Gasteiger partial charge >= 0.3 is 5.97 Å². The lowest BCUT2D eigenvalue weighted by Crippen LogP contribution is -2.39. The van der Waals surface area contributed by atoms with Gasteiger partial charge in [-0.3, -0.25) is 9.36 Å². The molecule has 2 heterocycles. The van der Waals surface area contributed by atoms with Crippen LogP contribution in [0.5, 0.6) is 5.75 Å². The fourth-order valence-corrected chi connectivity index (χ4v) is 5.70. The molecule has 0 spiro atoms. The minimum atomic E-state index is -0.680. The van der Waals surface area contributed by atoms with Crippen LogP contribution in [0.15, 0.2) is 93.9 Å². The first-order valence-corrected chi connectivity index (χ1v) is 13.8. The van der Waals surface area contributed by atoms with Gasteiger partial charge in [0.05, 0.1) is 28.5 Å². The fraction of sp³-hybridized carbons (Fsp3) is 0.167. The van der Waals surface area contributed by atoms with E-state index in [1.165, 1.54) is 11.3 Å². The predicted molar refractivity (Wildman–Crippen MR) is 154 cm³/mol. The number of aromatic nitrogens is 1. The van der Waals surface area contributed by atoms with E-state index in [1.807, 2.05) is 66.7 Å². The minimum Gasteiger partial charge on any atom is -0.489 e. The van der Waals surface area contributed by atoms with Crippen LogP contribution >= 0.6 is 34.5 Å². The number of halogens is 2. The van der Waals surface area contributed by atoms with Gasteiger partial charge in [-0.2, -0.15) is 0 Å². The molecule has 0 saturated heterocycles. The summed E-state index contributed by atoms with van der Waals surface area (Å²) in [5, 5.41) is 1.21. The van der Waals surface area contributed by atoms with Crippen LogP contribution in [0.3, 0.4) is 0 Å². The van der Waals surface area contributed by atoms with Crippen molar-refractivity contribution in [2.24, 2.45) is 4.99 Å². The zero-order valence-electron chi connectivity index (χ0n) is 21.2. The lowest BCUT2D eigenvalue weighted by Gasteiger charge is -2.24. The summed E-state index contributed by atoms with van der Waals surface area (Å²) in [6.45, 7) is 4.07. The average Bonchev–Trinajstić information content (AvgIpc) is 3.23. The van der Waals surface area contributed by atoms with Crippen molar-refractivity contribution < 1.29 is 14.3 Å². The maximum Gasteiger partial charge on any atom is 0.338 e. The largest absolute Gasteiger partial charge is 0.489 e. The summed E-state index contributed by atoms with van der Waals surface area (Å²) < 4.78 is 13.2. The molecule has 6 nitrogen and oxygen atoms in total. The van der Waals surface area contributed by atoms with Crippen molar-refractivity contribution in [3.63, 3.8) is 0 Å². The normalized spacial score (nSPS) is 15.1. The molecule has 5 rings (SSSR count). The molecule has 0 N–H and O–H groups in total. The average molecular weight is 580 g/mol. The Balaban J connectivity index is 1.50.